The predicted octanol–water partition coefficient (Wildman–Crippen LogP) is 1.82. The summed E-state index contributed by atoms with van der Waals surface area (Å²) in [5, 5.41) is 9.96. The van der Waals surface area contributed by atoms with Crippen LogP contribution in [0.4, 0.5) is 0 Å². The monoisotopic (exact) mass is 222 g/mol. The molecule has 0 aliphatic rings. The second kappa shape index (κ2) is 5.32. The van der Waals surface area contributed by atoms with Crippen molar-refractivity contribution in [3.05, 3.63) is 28.8 Å². The summed E-state index contributed by atoms with van der Waals surface area (Å²) in [6.07, 6.45) is 0. The Morgan fingerprint density at radius 2 is 1.56 bits per heavy atom. The van der Waals surface area contributed by atoms with Gasteiger partial charge in [0.05, 0.1) is 0 Å². The molecule has 0 spiro atoms. The Balaban J connectivity index is 3.01. The highest BCUT2D eigenvalue weighted by atomic mass is 16.3. The van der Waals surface area contributed by atoms with E-state index in [1.807, 2.05) is 35.1 Å². The lowest BCUT2D eigenvalue weighted by atomic mass is 10.0. The summed E-state index contributed by atoms with van der Waals surface area (Å²) in [4.78, 5) is 4.19. The molecule has 0 heterocycles. The first-order chi connectivity index (χ1) is 7.40. The number of hydrogen-bond donors (Lipinski definition) is 1. The van der Waals surface area contributed by atoms with Crippen molar-refractivity contribution in [2.75, 3.05) is 28.2 Å². The van der Waals surface area contributed by atoms with Crippen molar-refractivity contribution in [1.29, 1.82) is 0 Å². The summed E-state index contributed by atoms with van der Waals surface area (Å²) in [6.45, 7) is 3.63. The first kappa shape index (κ1) is 13.0. The normalized spacial score (nSPS) is 11.4. The molecule has 0 saturated heterocycles. The minimum absolute atomic E-state index is 0.427. The average molecular weight is 222 g/mol. The molecule has 0 atom stereocenters. The van der Waals surface area contributed by atoms with Crippen LogP contribution in [0.1, 0.15) is 16.7 Å². The lowest BCUT2D eigenvalue weighted by molar-refractivity contribution is 0.381. The lowest BCUT2D eigenvalue weighted by Gasteiger charge is -2.16. The van der Waals surface area contributed by atoms with Gasteiger partial charge in [0.15, 0.2) is 0 Å². The van der Waals surface area contributed by atoms with Gasteiger partial charge in [-0.25, -0.2) is 0 Å². The maximum Gasteiger partial charge on any atom is 0.122 e. The highest BCUT2D eigenvalue weighted by Gasteiger charge is 2.08. The summed E-state index contributed by atoms with van der Waals surface area (Å²) < 4.78 is 0. The van der Waals surface area contributed by atoms with Gasteiger partial charge in [-0.3, -0.25) is 0 Å². The number of hydrogen-bond acceptors (Lipinski definition) is 3. The van der Waals surface area contributed by atoms with Crippen LogP contribution in [0.15, 0.2) is 12.1 Å². The minimum atomic E-state index is 0.427. The van der Waals surface area contributed by atoms with Gasteiger partial charge in [-0.05, 0) is 52.3 Å². The number of nitrogens with zero attached hydrogens (tertiary/aromatic N) is 2. The Hall–Kier alpha value is -1.06. The van der Waals surface area contributed by atoms with Crippen LogP contribution in [0.2, 0.25) is 0 Å². The van der Waals surface area contributed by atoms with Gasteiger partial charge in [0.25, 0.3) is 0 Å². The molecule has 0 bridgehead atoms. The molecule has 1 rings (SSSR count). The van der Waals surface area contributed by atoms with Gasteiger partial charge in [0.1, 0.15) is 5.75 Å². The highest BCUT2D eigenvalue weighted by molar-refractivity contribution is 5.43. The molecule has 90 valence electrons. The third kappa shape index (κ3) is 3.51. The van der Waals surface area contributed by atoms with Crippen molar-refractivity contribution in [2.45, 2.75) is 20.0 Å². The number of aromatic hydroxyl groups is 1. The summed E-state index contributed by atoms with van der Waals surface area (Å²) in [5.74, 6) is 0.427. The van der Waals surface area contributed by atoms with Gasteiger partial charge in [-0.1, -0.05) is 6.07 Å². The van der Waals surface area contributed by atoms with Gasteiger partial charge in [0.2, 0.25) is 0 Å². The topological polar surface area (TPSA) is 26.7 Å². The van der Waals surface area contributed by atoms with E-state index in [1.54, 1.807) is 0 Å². The fraction of sp³-hybridized carbons (Fsp3) is 0.538. The molecule has 0 radical (unpaired) electrons. The SMILES string of the molecule is Cc1cc(CN(C)C)cc(CN(C)C)c1O. The summed E-state index contributed by atoms with van der Waals surface area (Å²) in [6, 6.07) is 4.14. The molecule has 0 aliphatic heterocycles. The molecule has 0 unspecified atom stereocenters. The van der Waals surface area contributed by atoms with Crippen LogP contribution < -0.4 is 0 Å². The van der Waals surface area contributed by atoms with Crippen LogP contribution in [0.3, 0.4) is 0 Å². The van der Waals surface area contributed by atoms with Gasteiger partial charge in [-0.15, -0.1) is 0 Å². The molecular formula is C13H22N2O. The van der Waals surface area contributed by atoms with Crippen LogP contribution in [-0.2, 0) is 13.1 Å². The van der Waals surface area contributed by atoms with Crippen molar-refractivity contribution in [2.24, 2.45) is 0 Å². The third-order valence-electron chi connectivity index (χ3n) is 2.42. The van der Waals surface area contributed by atoms with Gasteiger partial charge in [-0.2, -0.15) is 0 Å². The molecule has 0 saturated carbocycles. The molecule has 0 fully saturated rings. The zero-order chi connectivity index (χ0) is 12.3. The molecule has 0 aromatic heterocycles. The van der Waals surface area contributed by atoms with E-state index in [4.69, 9.17) is 0 Å². The largest absolute Gasteiger partial charge is 0.507 e. The van der Waals surface area contributed by atoms with Crippen molar-refractivity contribution >= 4 is 0 Å². The van der Waals surface area contributed by atoms with Crippen molar-refractivity contribution in [3.8, 4) is 5.75 Å². The van der Waals surface area contributed by atoms with Crippen molar-refractivity contribution in [3.63, 3.8) is 0 Å². The summed E-state index contributed by atoms with van der Waals surface area (Å²) in [5.41, 5.74) is 3.20. The Morgan fingerprint density at radius 1 is 1.00 bits per heavy atom. The van der Waals surface area contributed by atoms with E-state index in [0.717, 1.165) is 24.2 Å². The fourth-order valence-corrected chi connectivity index (χ4v) is 1.85. The van der Waals surface area contributed by atoms with Crippen LogP contribution in [0, 0.1) is 6.92 Å². The van der Waals surface area contributed by atoms with Gasteiger partial charge in [0, 0.05) is 18.7 Å². The van der Waals surface area contributed by atoms with Crippen molar-refractivity contribution < 1.29 is 5.11 Å². The molecule has 1 aromatic carbocycles. The molecule has 0 amide bonds. The van der Waals surface area contributed by atoms with Crippen LogP contribution >= 0.6 is 0 Å². The predicted molar refractivity (Wildman–Crippen MR) is 67.6 cm³/mol. The van der Waals surface area contributed by atoms with E-state index < -0.39 is 0 Å². The number of phenols is 1. The zero-order valence-corrected chi connectivity index (χ0v) is 10.9. The number of phenolic OH excluding ortho intramolecular Hbond substituents is 1. The van der Waals surface area contributed by atoms with E-state index in [9.17, 15) is 5.11 Å². The molecule has 0 aliphatic carbocycles. The Bertz CT molecular complexity index is 359. The molecule has 3 heteroatoms. The minimum Gasteiger partial charge on any atom is -0.507 e. The maximum absolute atomic E-state index is 9.96. The maximum atomic E-state index is 9.96. The highest BCUT2D eigenvalue weighted by Crippen LogP contribution is 2.25. The van der Waals surface area contributed by atoms with Crippen LogP contribution in [0.5, 0.6) is 5.75 Å². The molecule has 1 aromatic rings. The molecular weight excluding hydrogens is 200 g/mol. The van der Waals surface area contributed by atoms with Crippen molar-refractivity contribution in [1.82, 2.24) is 9.80 Å². The van der Waals surface area contributed by atoms with E-state index in [2.05, 4.69) is 21.9 Å². The van der Waals surface area contributed by atoms with E-state index in [1.165, 1.54) is 5.56 Å². The summed E-state index contributed by atoms with van der Waals surface area (Å²) >= 11 is 0. The third-order valence-corrected chi connectivity index (χ3v) is 2.42. The second-order valence-electron chi connectivity index (χ2n) is 4.90. The Labute approximate surface area is 98.3 Å². The quantitative estimate of drug-likeness (QED) is 0.842. The number of rotatable bonds is 4. The zero-order valence-electron chi connectivity index (χ0n) is 10.9. The average Bonchev–Trinajstić information content (AvgIpc) is 2.11. The van der Waals surface area contributed by atoms with Gasteiger partial charge < -0.3 is 14.9 Å². The van der Waals surface area contributed by atoms with E-state index in [0.29, 0.717) is 5.75 Å². The lowest BCUT2D eigenvalue weighted by Crippen LogP contribution is -2.13. The van der Waals surface area contributed by atoms with E-state index >= 15 is 0 Å². The Kier molecular flexibility index (Phi) is 4.33. The fourth-order valence-electron chi connectivity index (χ4n) is 1.85. The number of benzene rings is 1. The van der Waals surface area contributed by atoms with Gasteiger partial charge >= 0.3 is 0 Å². The number of aryl methyl sites for hydroxylation is 1. The molecule has 16 heavy (non-hydrogen) atoms. The van der Waals surface area contributed by atoms with E-state index in [-0.39, 0.29) is 0 Å². The molecule has 3 nitrogen and oxygen atoms in total. The Morgan fingerprint density at radius 3 is 2.06 bits per heavy atom. The first-order valence-electron chi connectivity index (χ1n) is 5.51. The second-order valence-corrected chi connectivity index (χ2v) is 4.90. The first-order valence-corrected chi connectivity index (χ1v) is 5.51. The smallest absolute Gasteiger partial charge is 0.122 e. The molecule has 1 N–H and O–H groups in total. The van der Waals surface area contributed by atoms with Crippen LogP contribution in [0.25, 0.3) is 0 Å². The standard InChI is InChI=1S/C13H22N2O/c1-10-6-11(8-14(2)3)7-12(13(10)16)9-15(4)5/h6-7,16H,8-9H2,1-5H3. The summed E-state index contributed by atoms with van der Waals surface area (Å²) in [7, 11) is 8.11. The van der Waals surface area contributed by atoms with Crippen LogP contribution in [-0.4, -0.2) is 43.1 Å².